The summed E-state index contributed by atoms with van der Waals surface area (Å²) in [6.45, 7) is 4.43. The van der Waals surface area contributed by atoms with Gasteiger partial charge in [0, 0.05) is 0 Å². The Hall–Kier alpha value is -0.500. The van der Waals surface area contributed by atoms with Gasteiger partial charge in [0.2, 0.25) is 0 Å². The molecule has 1 N–H and O–H groups in total. The normalized spacial score (nSPS) is 10.8. The zero-order valence-corrected chi connectivity index (χ0v) is 13.2. The van der Waals surface area contributed by atoms with Gasteiger partial charge in [0.25, 0.3) is 0 Å². The van der Waals surface area contributed by atoms with Crippen LogP contribution >= 0.6 is 15.9 Å². The van der Waals surface area contributed by atoms with Gasteiger partial charge in [-0.25, -0.2) is 0 Å². The maximum absolute atomic E-state index is 10.0. The molecule has 1 nitrogen and oxygen atoms in total. The topological polar surface area (TPSA) is 20.2 Å². The van der Waals surface area contributed by atoms with Crippen LogP contribution in [0, 0.1) is 0 Å². The van der Waals surface area contributed by atoms with Gasteiger partial charge in [0.15, 0.2) is 0 Å². The van der Waals surface area contributed by atoms with Crippen molar-refractivity contribution in [2.24, 2.45) is 0 Å². The van der Waals surface area contributed by atoms with E-state index in [1.807, 2.05) is 0 Å². The number of aryl methyl sites for hydroxylation is 2. The summed E-state index contributed by atoms with van der Waals surface area (Å²) < 4.78 is 0.850. The summed E-state index contributed by atoms with van der Waals surface area (Å²) in [5.74, 6) is 0.436. The fraction of sp³-hybridized carbons (Fsp3) is 0.625. The average Bonchev–Trinajstić information content (AvgIpc) is 2.35. The van der Waals surface area contributed by atoms with E-state index in [0.717, 1.165) is 29.3 Å². The highest BCUT2D eigenvalue weighted by atomic mass is 79.9. The summed E-state index contributed by atoms with van der Waals surface area (Å²) in [5, 5.41) is 10.0. The SMILES string of the molecule is CCCCCc1cc(Br)c(O)c(CCCCC)c1. The molecule has 0 amide bonds. The van der Waals surface area contributed by atoms with Crippen LogP contribution in [0.25, 0.3) is 0 Å². The first-order valence-corrected chi connectivity index (χ1v) is 7.98. The van der Waals surface area contributed by atoms with Crippen molar-refractivity contribution < 1.29 is 5.11 Å². The lowest BCUT2D eigenvalue weighted by atomic mass is 10.0. The molecule has 0 bridgehead atoms. The average molecular weight is 313 g/mol. The molecule has 0 aliphatic carbocycles. The highest BCUT2D eigenvalue weighted by Crippen LogP contribution is 2.31. The molecule has 0 aliphatic heterocycles. The van der Waals surface area contributed by atoms with E-state index in [2.05, 4.69) is 41.9 Å². The monoisotopic (exact) mass is 312 g/mol. The number of phenols is 1. The number of unbranched alkanes of at least 4 members (excludes halogenated alkanes) is 4. The molecule has 1 aromatic rings. The summed E-state index contributed by atoms with van der Waals surface area (Å²) in [6, 6.07) is 4.25. The van der Waals surface area contributed by atoms with Crippen molar-refractivity contribution in [3.63, 3.8) is 0 Å². The van der Waals surface area contributed by atoms with E-state index in [0.29, 0.717) is 5.75 Å². The van der Waals surface area contributed by atoms with Gasteiger partial charge in [0.1, 0.15) is 5.75 Å². The lowest BCUT2D eigenvalue weighted by Crippen LogP contribution is -1.93. The molecule has 102 valence electrons. The lowest BCUT2D eigenvalue weighted by Gasteiger charge is -2.10. The highest BCUT2D eigenvalue weighted by molar-refractivity contribution is 9.10. The predicted molar refractivity (Wildman–Crippen MR) is 82.3 cm³/mol. The largest absolute Gasteiger partial charge is 0.506 e. The van der Waals surface area contributed by atoms with Crippen molar-refractivity contribution in [2.75, 3.05) is 0 Å². The molecule has 0 saturated carbocycles. The smallest absolute Gasteiger partial charge is 0.132 e. The second-order valence-electron chi connectivity index (χ2n) is 5.00. The molecule has 18 heavy (non-hydrogen) atoms. The molecule has 0 heterocycles. The molecule has 0 unspecified atom stereocenters. The lowest BCUT2D eigenvalue weighted by molar-refractivity contribution is 0.462. The molecule has 0 fully saturated rings. The van der Waals surface area contributed by atoms with Crippen molar-refractivity contribution in [1.29, 1.82) is 0 Å². The minimum Gasteiger partial charge on any atom is -0.506 e. The van der Waals surface area contributed by atoms with E-state index in [1.165, 1.54) is 37.7 Å². The number of halogens is 1. The van der Waals surface area contributed by atoms with Crippen molar-refractivity contribution in [2.45, 2.75) is 65.2 Å². The third-order valence-electron chi connectivity index (χ3n) is 3.32. The van der Waals surface area contributed by atoms with E-state index in [-0.39, 0.29) is 0 Å². The Bertz CT molecular complexity index is 360. The summed E-state index contributed by atoms with van der Waals surface area (Å²) in [7, 11) is 0. The fourth-order valence-corrected chi connectivity index (χ4v) is 2.75. The van der Waals surface area contributed by atoms with Gasteiger partial charge >= 0.3 is 0 Å². The zero-order valence-electron chi connectivity index (χ0n) is 11.6. The Labute approximate surface area is 120 Å². The number of hydrogen-bond acceptors (Lipinski definition) is 1. The van der Waals surface area contributed by atoms with Gasteiger partial charge in [-0.05, 0) is 58.8 Å². The molecule has 0 aromatic heterocycles. The first-order valence-electron chi connectivity index (χ1n) is 7.19. The molecule has 0 radical (unpaired) electrons. The fourth-order valence-electron chi connectivity index (χ4n) is 2.20. The van der Waals surface area contributed by atoms with Crippen LogP contribution in [0.2, 0.25) is 0 Å². The predicted octanol–water partition coefficient (Wildman–Crippen LogP) is 5.62. The Morgan fingerprint density at radius 3 is 2.17 bits per heavy atom. The van der Waals surface area contributed by atoms with Gasteiger partial charge in [0.05, 0.1) is 4.47 Å². The Kier molecular flexibility index (Phi) is 7.41. The summed E-state index contributed by atoms with van der Waals surface area (Å²) in [5.41, 5.74) is 2.45. The minimum atomic E-state index is 0.436. The summed E-state index contributed by atoms with van der Waals surface area (Å²) in [6.07, 6.45) is 9.49. The molecule has 1 rings (SSSR count). The van der Waals surface area contributed by atoms with E-state index >= 15 is 0 Å². The molecule has 0 aliphatic rings. The highest BCUT2D eigenvalue weighted by Gasteiger charge is 2.08. The standard InChI is InChI=1S/C16H25BrO/c1-3-5-7-9-13-11-14(10-8-6-4-2)16(18)15(17)12-13/h11-12,18H,3-10H2,1-2H3. The van der Waals surface area contributed by atoms with Crippen molar-refractivity contribution in [3.8, 4) is 5.75 Å². The zero-order chi connectivity index (χ0) is 13.4. The Balaban J connectivity index is 2.69. The first-order chi connectivity index (χ1) is 8.69. The van der Waals surface area contributed by atoms with Gasteiger partial charge in [-0.1, -0.05) is 45.6 Å². The van der Waals surface area contributed by atoms with Gasteiger partial charge in [-0.3, -0.25) is 0 Å². The van der Waals surface area contributed by atoms with E-state index in [4.69, 9.17) is 0 Å². The molecule has 2 heteroatoms. The minimum absolute atomic E-state index is 0.436. The Morgan fingerprint density at radius 2 is 1.56 bits per heavy atom. The molecule has 0 saturated heterocycles. The van der Waals surface area contributed by atoms with Crippen LogP contribution in [0.3, 0.4) is 0 Å². The molecular weight excluding hydrogens is 288 g/mol. The first kappa shape index (κ1) is 15.6. The van der Waals surface area contributed by atoms with E-state index in [1.54, 1.807) is 0 Å². The van der Waals surface area contributed by atoms with Crippen LogP contribution in [0.1, 0.15) is 63.5 Å². The van der Waals surface area contributed by atoms with Crippen LogP contribution < -0.4 is 0 Å². The van der Waals surface area contributed by atoms with Gasteiger partial charge < -0.3 is 5.11 Å². The van der Waals surface area contributed by atoms with Crippen LogP contribution in [-0.4, -0.2) is 5.11 Å². The third-order valence-corrected chi connectivity index (χ3v) is 3.93. The second-order valence-corrected chi connectivity index (χ2v) is 5.85. The van der Waals surface area contributed by atoms with Crippen LogP contribution in [0.4, 0.5) is 0 Å². The number of hydrogen-bond donors (Lipinski definition) is 1. The van der Waals surface area contributed by atoms with Crippen molar-refractivity contribution in [1.82, 2.24) is 0 Å². The quantitative estimate of drug-likeness (QED) is 0.618. The molecule has 0 spiro atoms. The van der Waals surface area contributed by atoms with Crippen LogP contribution in [-0.2, 0) is 12.8 Å². The van der Waals surface area contributed by atoms with Crippen molar-refractivity contribution >= 4 is 15.9 Å². The third kappa shape index (κ3) is 5.01. The Morgan fingerprint density at radius 1 is 0.944 bits per heavy atom. The molecule has 1 aromatic carbocycles. The summed E-state index contributed by atoms with van der Waals surface area (Å²) >= 11 is 3.46. The second kappa shape index (κ2) is 8.58. The number of phenolic OH excluding ortho intramolecular Hbond substituents is 1. The van der Waals surface area contributed by atoms with Gasteiger partial charge in [-0.15, -0.1) is 0 Å². The van der Waals surface area contributed by atoms with Crippen LogP contribution in [0.5, 0.6) is 5.75 Å². The maximum Gasteiger partial charge on any atom is 0.132 e. The maximum atomic E-state index is 10.0. The number of aromatic hydroxyl groups is 1. The van der Waals surface area contributed by atoms with Crippen LogP contribution in [0.15, 0.2) is 16.6 Å². The molecular formula is C16H25BrO. The van der Waals surface area contributed by atoms with Crippen molar-refractivity contribution in [3.05, 3.63) is 27.7 Å². The molecule has 0 atom stereocenters. The van der Waals surface area contributed by atoms with E-state index in [9.17, 15) is 5.11 Å². The number of rotatable bonds is 8. The summed E-state index contributed by atoms with van der Waals surface area (Å²) in [4.78, 5) is 0. The van der Waals surface area contributed by atoms with Gasteiger partial charge in [-0.2, -0.15) is 0 Å². The number of benzene rings is 1. The van der Waals surface area contributed by atoms with E-state index < -0.39 is 0 Å².